The Bertz CT molecular complexity index is 948. The zero-order valence-corrected chi connectivity index (χ0v) is 17.4. The minimum atomic E-state index is -0.0470. The zero-order valence-electron chi connectivity index (χ0n) is 17.4. The highest BCUT2D eigenvalue weighted by Gasteiger charge is 2.36. The van der Waals surface area contributed by atoms with Crippen LogP contribution in [0.25, 0.3) is 0 Å². The van der Waals surface area contributed by atoms with E-state index in [0.717, 1.165) is 80.9 Å². The van der Waals surface area contributed by atoms with Gasteiger partial charge in [0.05, 0.1) is 5.92 Å². The summed E-state index contributed by atoms with van der Waals surface area (Å²) in [6.45, 7) is 5.93. The van der Waals surface area contributed by atoms with E-state index in [9.17, 15) is 9.59 Å². The van der Waals surface area contributed by atoms with Crippen molar-refractivity contribution in [2.24, 2.45) is 0 Å². The van der Waals surface area contributed by atoms with Gasteiger partial charge in [-0.2, -0.15) is 0 Å². The van der Waals surface area contributed by atoms with E-state index in [1.54, 1.807) is 0 Å². The smallest absolute Gasteiger partial charge is 0.232 e. The first-order valence-electron chi connectivity index (χ1n) is 11.2. The van der Waals surface area contributed by atoms with Crippen LogP contribution in [0.2, 0.25) is 0 Å². The molecule has 2 aromatic rings. The Labute approximate surface area is 178 Å². The monoisotopic (exact) mass is 403 g/mol. The average Bonchev–Trinajstić information content (AvgIpc) is 3.11. The van der Waals surface area contributed by atoms with Gasteiger partial charge in [0, 0.05) is 56.9 Å². The van der Waals surface area contributed by atoms with Crippen LogP contribution in [0.15, 0.2) is 42.5 Å². The van der Waals surface area contributed by atoms with E-state index in [0.29, 0.717) is 6.42 Å². The highest BCUT2D eigenvalue weighted by atomic mass is 16.2. The van der Waals surface area contributed by atoms with Crippen molar-refractivity contribution in [2.45, 2.75) is 38.1 Å². The van der Waals surface area contributed by atoms with E-state index >= 15 is 0 Å². The Morgan fingerprint density at radius 2 is 1.77 bits per heavy atom. The molecule has 3 aliphatic rings. The number of Topliss-reactive ketones (excluding diaryl/α,β-unsaturated/α-hetero) is 1. The molecule has 1 amide bonds. The SMILES string of the molecule is O=C(CCN1CCN(Cc2ccccc2)CC1)c1ccc2c3c1CCCC3C(=O)N2. The first-order chi connectivity index (χ1) is 14.7. The largest absolute Gasteiger partial charge is 0.325 e. The molecule has 1 atom stereocenters. The van der Waals surface area contributed by atoms with E-state index in [1.807, 2.05) is 12.1 Å². The number of carbonyl (C=O) groups is 2. The maximum Gasteiger partial charge on any atom is 0.232 e. The number of amides is 1. The van der Waals surface area contributed by atoms with Gasteiger partial charge in [0.15, 0.2) is 5.78 Å². The molecule has 1 aliphatic carbocycles. The van der Waals surface area contributed by atoms with E-state index in [1.165, 1.54) is 5.56 Å². The molecular weight excluding hydrogens is 374 g/mol. The number of hydrogen-bond donors (Lipinski definition) is 1. The van der Waals surface area contributed by atoms with Gasteiger partial charge < -0.3 is 10.2 Å². The van der Waals surface area contributed by atoms with Gasteiger partial charge in [0.2, 0.25) is 5.91 Å². The average molecular weight is 404 g/mol. The highest BCUT2D eigenvalue weighted by Crippen LogP contribution is 2.43. The predicted octanol–water partition coefficient (Wildman–Crippen LogP) is 3.45. The second kappa shape index (κ2) is 8.32. The number of anilines is 1. The van der Waals surface area contributed by atoms with Crippen molar-refractivity contribution in [1.82, 2.24) is 9.80 Å². The summed E-state index contributed by atoms with van der Waals surface area (Å²) in [6.07, 6.45) is 3.35. The Hall–Kier alpha value is -2.50. The summed E-state index contributed by atoms with van der Waals surface area (Å²) in [7, 11) is 0. The molecule has 156 valence electrons. The molecule has 1 saturated heterocycles. The lowest BCUT2D eigenvalue weighted by Crippen LogP contribution is -2.46. The van der Waals surface area contributed by atoms with Crippen LogP contribution in [0.3, 0.4) is 0 Å². The maximum absolute atomic E-state index is 13.0. The summed E-state index contributed by atoms with van der Waals surface area (Å²) >= 11 is 0. The van der Waals surface area contributed by atoms with Crippen LogP contribution in [0.1, 0.15) is 52.2 Å². The van der Waals surface area contributed by atoms with Crippen LogP contribution in [-0.2, 0) is 17.8 Å². The first kappa shape index (κ1) is 19.5. The van der Waals surface area contributed by atoms with Crippen LogP contribution >= 0.6 is 0 Å². The number of ketones is 1. The van der Waals surface area contributed by atoms with Crippen LogP contribution < -0.4 is 5.32 Å². The summed E-state index contributed by atoms with van der Waals surface area (Å²) in [5.74, 6) is 0.276. The van der Waals surface area contributed by atoms with E-state index < -0.39 is 0 Å². The zero-order chi connectivity index (χ0) is 20.5. The Kier molecular flexibility index (Phi) is 5.40. The summed E-state index contributed by atoms with van der Waals surface area (Å²) in [6, 6.07) is 14.5. The van der Waals surface area contributed by atoms with E-state index in [4.69, 9.17) is 0 Å². The van der Waals surface area contributed by atoms with E-state index in [2.05, 4.69) is 45.4 Å². The van der Waals surface area contributed by atoms with Crippen molar-refractivity contribution in [3.05, 3.63) is 64.7 Å². The van der Waals surface area contributed by atoms with Crippen molar-refractivity contribution in [3.63, 3.8) is 0 Å². The normalized spacial score (nSPS) is 21.3. The molecule has 2 aliphatic heterocycles. The molecule has 30 heavy (non-hydrogen) atoms. The van der Waals surface area contributed by atoms with Crippen molar-refractivity contribution in [1.29, 1.82) is 0 Å². The molecule has 2 aromatic carbocycles. The molecule has 1 fully saturated rings. The minimum absolute atomic E-state index is 0.0470. The van der Waals surface area contributed by atoms with Gasteiger partial charge in [0.1, 0.15) is 0 Å². The fraction of sp³-hybridized carbons (Fsp3) is 0.440. The molecule has 5 rings (SSSR count). The number of piperazine rings is 1. The fourth-order valence-electron chi connectivity index (χ4n) is 5.22. The third kappa shape index (κ3) is 3.80. The van der Waals surface area contributed by atoms with Gasteiger partial charge in [-0.1, -0.05) is 30.3 Å². The molecule has 5 nitrogen and oxygen atoms in total. The van der Waals surface area contributed by atoms with Crippen LogP contribution in [0.5, 0.6) is 0 Å². The standard InChI is InChI=1S/C25H29N3O2/c29-23(19-9-10-22-24-20(19)7-4-8-21(24)25(30)26-22)11-12-27-13-15-28(16-14-27)17-18-5-2-1-3-6-18/h1-3,5-6,9-10,21H,4,7-8,11-17H2,(H,26,30). The highest BCUT2D eigenvalue weighted by molar-refractivity contribution is 6.06. The van der Waals surface area contributed by atoms with Gasteiger partial charge >= 0.3 is 0 Å². The molecule has 1 N–H and O–H groups in total. The third-order valence-electron chi connectivity index (χ3n) is 6.87. The van der Waals surface area contributed by atoms with E-state index in [-0.39, 0.29) is 17.6 Å². The number of rotatable bonds is 6. The topological polar surface area (TPSA) is 52.7 Å². The van der Waals surface area contributed by atoms with Crippen molar-refractivity contribution >= 4 is 17.4 Å². The molecule has 0 bridgehead atoms. The van der Waals surface area contributed by atoms with Crippen molar-refractivity contribution in [2.75, 3.05) is 38.0 Å². The maximum atomic E-state index is 13.0. The van der Waals surface area contributed by atoms with Crippen molar-refractivity contribution < 1.29 is 9.59 Å². The number of carbonyl (C=O) groups excluding carboxylic acids is 2. The second-order valence-electron chi connectivity index (χ2n) is 8.76. The number of nitrogens with zero attached hydrogens (tertiary/aromatic N) is 2. The molecular formula is C25H29N3O2. The Morgan fingerprint density at radius 3 is 2.57 bits per heavy atom. The first-order valence-corrected chi connectivity index (χ1v) is 11.2. The lowest BCUT2D eigenvalue weighted by atomic mass is 9.80. The lowest BCUT2D eigenvalue weighted by molar-refractivity contribution is -0.117. The van der Waals surface area contributed by atoms with Gasteiger partial charge in [-0.3, -0.25) is 14.5 Å². The Morgan fingerprint density at radius 1 is 1.00 bits per heavy atom. The number of benzene rings is 2. The molecule has 2 heterocycles. The quantitative estimate of drug-likeness (QED) is 0.751. The molecule has 0 spiro atoms. The van der Waals surface area contributed by atoms with Gasteiger partial charge in [0.25, 0.3) is 0 Å². The molecule has 1 unspecified atom stereocenters. The minimum Gasteiger partial charge on any atom is -0.325 e. The predicted molar refractivity (Wildman–Crippen MR) is 118 cm³/mol. The van der Waals surface area contributed by atoms with Gasteiger partial charge in [-0.05, 0) is 48.1 Å². The molecule has 0 aromatic heterocycles. The second-order valence-corrected chi connectivity index (χ2v) is 8.76. The third-order valence-corrected chi connectivity index (χ3v) is 6.87. The fourth-order valence-corrected chi connectivity index (χ4v) is 5.22. The van der Waals surface area contributed by atoms with Crippen molar-refractivity contribution in [3.8, 4) is 0 Å². The van der Waals surface area contributed by atoms with Gasteiger partial charge in [-0.15, -0.1) is 0 Å². The summed E-state index contributed by atoms with van der Waals surface area (Å²) < 4.78 is 0. The lowest BCUT2D eigenvalue weighted by Gasteiger charge is -2.34. The Balaban J connectivity index is 1.17. The van der Waals surface area contributed by atoms with Crippen LogP contribution in [-0.4, -0.2) is 54.2 Å². The van der Waals surface area contributed by atoms with Crippen LogP contribution in [0, 0.1) is 0 Å². The molecule has 5 heteroatoms. The summed E-state index contributed by atoms with van der Waals surface area (Å²) in [5, 5.41) is 2.99. The molecule has 0 radical (unpaired) electrons. The molecule has 0 saturated carbocycles. The van der Waals surface area contributed by atoms with Crippen LogP contribution in [0.4, 0.5) is 5.69 Å². The summed E-state index contributed by atoms with van der Waals surface area (Å²) in [4.78, 5) is 30.1. The van der Waals surface area contributed by atoms with Gasteiger partial charge in [-0.25, -0.2) is 0 Å². The summed E-state index contributed by atoms with van der Waals surface area (Å²) in [5.41, 5.74) is 5.35. The number of hydrogen-bond acceptors (Lipinski definition) is 4. The number of nitrogens with one attached hydrogen (secondary N) is 1.